The Kier molecular flexibility index (Phi) is 3.45. The van der Waals surface area contributed by atoms with E-state index in [-0.39, 0.29) is 24.3 Å². The Morgan fingerprint density at radius 1 is 1.57 bits per heavy atom. The Labute approximate surface area is 81.9 Å². The van der Waals surface area contributed by atoms with Gasteiger partial charge in [0.1, 0.15) is 12.4 Å². The van der Waals surface area contributed by atoms with Gasteiger partial charge < -0.3 is 9.15 Å². The molecule has 0 spiro atoms. The first kappa shape index (κ1) is 10.5. The van der Waals surface area contributed by atoms with Gasteiger partial charge in [-0.1, -0.05) is 13.8 Å². The number of furan rings is 1. The highest BCUT2D eigenvalue weighted by Crippen LogP contribution is 2.08. The lowest BCUT2D eigenvalue weighted by Crippen LogP contribution is -2.10. The Morgan fingerprint density at radius 3 is 2.79 bits per heavy atom. The number of esters is 1. The van der Waals surface area contributed by atoms with Crippen molar-refractivity contribution in [1.82, 2.24) is 0 Å². The molecule has 0 saturated heterocycles. The van der Waals surface area contributed by atoms with Gasteiger partial charge in [-0.25, -0.2) is 0 Å². The molecule has 0 N–H and O–H groups in total. The van der Waals surface area contributed by atoms with E-state index in [0.717, 1.165) is 0 Å². The monoisotopic (exact) mass is 196 g/mol. The molecule has 0 unspecified atom stereocenters. The number of hydrogen-bond donors (Lipinski definition) is 0. The van der Waals surface area contributed by atoms with Crippen molar-refractivity contribution in [2.24, 2.45) is 5.92 Å². The van der Waals surface area contributed by atoms with Crippen LogP contribution in [0.15, 0.2) is 16.5 Å². The summed E-state index contributed by atoms with van der Waals surface area (Å²) in [5, 5.41) is 0. The van der Waals surface area contributed by atoms with E-state index >= 15 is 0 Å². The summed E-state index contributed by atoms with van der Waals surface area (Å²) in [7, 11) is 0. The van der Waals surface area contributed by atoms with Crippen molar-refractivity contribution >= 4 is 12.3 Å². The van der Waals surface area contributed by atoms with Crippen LogP contribution in [0.25, 0.3) is 0 Å². The average molecular weight is 196 g/mol. The Hall–Kier alpha value is -1.58. The maximum absolute atomic E-state index is 11.1. The van der Waals surface area contributed by atoms with Crippen molar-refractivity contribution in [3.8, 4) is 0 Å². The smallest absolute Gasteiger partial charge is 0.308 e. The molecule has 0 aliphatic carbocycles. The maximum Gasteiger partial charge on any atom is 0.308 e. The number of carbonyl (C=O) groups excluding carboxylic acids is 2. The SMILES string of the molecule is CC(C)C(=O)OCc1ccc(C=O)o1. The molecule has 14 heavy (non-hydrogen) atoms. The van der Waals surface area contributed by atoms with Crippen LogP contribution in [0.4, 0.5) is 0 Å². The molecule has 0 aliphatic heterocycles. The Balaban J connectivity index is 2.45. The van der Waals surface area contributed by atoms with Crippen molar-refractivity contribution in [1.29, 1.82) is 0 Å². The van der Waals surface area contributed by atoms with Crippen LogP contribution in [0.1, 0.15) is 30.2 Å². The van der Waals surface area contributed by atoms with Crippen LogP contribution in [0, 0.1) is 5.92 Å². The first-order valence-electron chi connectivity index (χ1n) is 4.34. The Morgan fingerprint density at radius 2 is 2.29 bits per heavy atom. The topological polar surface area (TPSA) is 56.5 Å². The van der Waals surface area contributed by atoms with Crippen LogP contribution in [-0.4, -0.2) is 12.3 Å². The van der Waals surface area contributed by atoms with Gasteiger partial charge in [0.05, 0.1) is 5.92 Å². The summed E-state index contributed by atoms with van der Waals surface area (Å²) in [6.45, 7) is 3.58. The van der Waals surface area contributed by atoms with Gasteiger partial charge in [0.2, 0.25) is 0 Å². The highest BCUT2D eigenvalue weighted by atomic mass is 16.5. The summed E-state index contributed by atoms with van der Waals surface area (Å²) in [6, 6.07) is 3.14. The van der Waals surface area contributed by atoms with Crippen LogP contribution in [0.3, 0.4) is 0 Å². The standard InChI is InChI=1S/C10H12O4/c1-7(2)10(12)13-6-9-4-3-8(5-11)14-9/h3-5,7H,6H2,1-2H3. The predicted octanol–water partition coefficient (Wildman–Crippen LogP) is 1.79. The first-order chi connectivity index (χ1) is 6.63. The molecule has 0 fully saturated rings. The van der Waals surface area contributed by atoms with Crippen LogP contribution >= 0.6 is 0 Å². The third kappa shape index (κ3) is 2.73. The van der Waals surface area contributed by atoms with Crippen LogP contribution in [-0.2, 0) is 16.1 Å². The molecular weight excluding hydrogens is 184 g/mol. The summed E-state index contributed by atoms with van der Waals surface area (Å²) in [6.07, 6.45) is 0.605. The second-order valence-electron chi connectivity index (χ2n) is 3.18. The summed E-state index contributed by atoms with van der Waals surface area (Å²) in [5.41, 5.74) is 0. The minimum Gasteiger partial charge on any atom is -0.457 e. The molecule has 0 saturated carbocycles. The molecule has 0 aromatic carbocycles. The highest BCUT2D eigenvalue weighted by Gasteiger charge is 2.09. The average Bonchev–Trinajstić information content (AvgIpc) is 2.61. The minimum absolute atomic E-state index is 0.0743. The van der Waals surface area contributed by atoms with E-state index in [9.17, 15) is 9.59 Å². The van der Waals surface area contributed by atoms with Gasteiger partial charge in [0, 0.05) is 0 Å². The fraction of sp³-hybridized carbons (Fsp3) is 0.400. The van der Waals surface area contributed by atoms with Gasteiger partial charge >= 0.3 is 5.97 Å². The molecule has 0 amide bonds. The van der Waals surface area contributed by atoms with Crippen LogP contribution < -0.4 is 0 Å². The zero-order valence-electron chi connectivity index (χ0n) is 8.15. The summed E-state index contributed by atoms with van der Waals surface area (Å²) in [4.78, 5) is 21.3. The number of aldehydes is 1. The van der Waals surface area contributed by atoms with Crippen molar-refractivity contribution in [2.75, 3.05) is 0 Å². The van der Waals surface area contributed by atoms with Crippen molar-refractivity contribution in [3.63, 3.8) is 0 Å². The first-order valence-corrected chi connectivity index (χ1v) is 4.34. The molecule has 0 radical (unpaired) electrons. The molecule has 1 aromatic heterocycles. The molecule has 0 aliphatic rings. The summed E-state index contributed by atoms with van der Waals surface area (Å²) < 4.78 is 9.92. The van der Waals surface area contributed by atoms with E-state index in [0.29, 0.717) is 12.0 Å². The van der Waals surface area contributed by atoms with Crippen LogP contribution in [0.2, 0.25) is 0 Å². The van der Waals surface area contributed by atoms with Gasteiger partial charge in [-0.15, -0.1) is 0 Å². The predicted molar refractivity (Wildman–Crippen MR) is 48.7 cm³/mol. The second kappa shape index (κ2) is 4.60. The number of ether oxygens (including phenoxy) is 1. The summed E-state index contributed by atoms with van der Waals surface area (Å²) >= 11 is 0. The van der Waals surface area contributed by atoms with Gasteiger partial charge in [-0.05, 0) is 12.1 Å². The van der Waals surface area contributed by atoms with Crippen molar-refractivity contribution < 1.29 is 18.7 Å². The lowest BCUT2D eigenvalue weighted by Gasteiger charge is -2.04. The van der Waals surface area contributed by atoms with Crippen molar-refractivity contribution in [2.45, 2.75) is 20.5 Å². The normalized spacial score (nSPS) is 10.2. The largest absolute Gasteiger partial charge is 0.457 e. The van der Waals surface area contributed by atoms with Crippen LogP contribution in [0.5, 0.6) is 0 Å². The van der Waals surface area contributed by atoms with Crippen molar-refractivity contribution in [3.05, 3.63) is 23.7 Å². The highest BCUT2D eigenvalue weighted by molar-refractivity contribution is 5.71. The second-order valence-corrected chi connectivity index (χ2v) is 3.18. The molecule has 1 heterocycles. The van der Waals surface area contributed by atoms with E-state index in [4.69, 9.17) is 9.15 Å². The molecule has 4 nitrogen and oxygen atoms in total. The molecule has 0 bridgehead atoms. The zero-order valence-corrected chi connectivity index (χ0v) is 8.15. The molecule has 1 aromatic rings. The lowest BCUT2D eigenvalue weighted by molar-refractivity contribution is -0.149. The van der Waals surface area contributed by atoms with Gasteiger partial charge in [-0.2, -0.15) is 0 Å². The molecule has 4 heteroatoms. The Bertz CT molecular complexity index is 325. The molecular formula is C10H12O4. The number of hydrogen-bond acceptors (Lipinski definition) is 4. The molecule has 76 valence electrons. The van der Waals surface area contributed by atoms with Gasteiger partial charge in [-0.3, -0.25) is 9.59 Å². The van der Waals surface area contributed by atoms with E-state index in [2.05, 4.69) is 0 Å². The maximum atomic E-state index is 11.1. The fourth-order valence-electron chi connectivity index (χ4n) is 0.844. The lowest BCUT2D eigenvalue weighted by atomic mass is 10.2. The van der Waals surface area contributed by atoms with E-state index in [1.807, 2.05) is 0 Å². The quantitative estimate of drug-likeness (QED) is 0.544. The van der Waals surface area contributed by atoms with E-state index < -0.39 is 0 Å². The number of carbonyl (C=O) groups is 2. The van der Waals surface area contributed by atoms with Gasteiger partial charge in [0.15, 0.2) is 12.0 Å². The molecule has 0 atom stereocenters. The molecule has 1 rings (SSSR count). The fourth-order valence-corrected chi connectivity index (χ4v) is 0.844. The summed E-state index contributed by atoms with van der Waals surface area (Å²) in [5.74, 6) is 0.270. The third-order valence-electron chi connectivity index (χ3n) is 1.63. The third-order valence-corrected chi connectivity index (χ3v) is 1.63. The zero-order chi connectivity index (χ0) is 10.6. The van der Waals surface area contributed by atoms with Gasteiger partial charge in [0.25, 0.3) is 0 Å². The minimum atomic E-state index is -0.283. The van der Waals surface area contributed by atoms with E-state index in [1.54, 1.807) is 19.9 Å². The number of rotatable bonds is 4. The van der Waals surface area contributed by atoms with E-state index in [1.165, 1.54) is 6.07 Å².